The Morgan fingerprint density at radius 2 is 2.00 bits per heavy atom. The minimum absolute atomic E-state index is 0.184. The first-order valence-corrected chi connectivity index (χ1v) is 11.7. The van der Waals surface area contributed by atoms with Gasteiger partial charge in [-0.15, -0.1) is 0 Å². The predicted molar refractivity (Wildman–Crippen MR) is 116 cm³/mol. The second-order valence-corrected chi connectivity index (χ2v) is 10.1. The van der Waals surface area contributed by atoms with Crippen LogP contribution in [0.5, 0.6) is 5.75 Å². The second-order valence-electron chi connectivity index (χ2n) is 10.1. The number of aryl methyl sites for hydroxylation is 1. The SMILES string of the molecule is CC(=O)OC=C1C[C@H]2[C@H]3CCc4cc5ccc4C3CC[C@]2(C)[C@]1(OC(C)=O)CCCO5. The molecule has 5 atom stereocenters. The van der Waals surface area contributed by atoms with Gasteiger partial charge in [0.2, 0.25) is 0 Å². The zero-order valence-electron chi connectivity index (χ0n) is 18.7. The highest BCUT2D eigenvalue weighted by Crippen LogP contribution is 2.68. The number of fused-ring (bicyclic) bond motifs is 2. The lowest BCUT2D eigenvalue weighted by Crippen LogP contribution is -2.53. The van der Waals surface area contributed by atoms with Crippen LogP contribution in [0.15, 0.2) is 30.0 Å². The van der Waals surface area contributed by atoms with Crippen LogP contribution in [-0.4, -0.2) is 24.1 Å². The van der Waals surface area contributed by atoms with Crippen LogP contribution >= 0.6 is 0 Å². The topological polar surface area (TPSA) is 61.8 Å². The van der Waals surface area contributed by atoms with Crippen LogP contribution < -0.4 is 4.74 Å². The molecule has 7 rings (SSSR count). The molecule has 0 spiro atoms. The van der Waals surface area contributed by atoms with E-state index in [9.17, 15) is 9.59 Å². The van der Waals surface area contributed by atoms with Crippen LogP contribution in [0.2, 0.25) is 0 Å². The first kappa shape index (κ1) is 20.6. The number of ether oxygens (including phenoxy) is 3. The molecule has 1 unspecified atom stereocenters. The molecule has 3 aliphatic carbocycles. The summed E-state index contributed by atoms with van der Waals surface area (Å²) in [6.45, 7) is 5.78. The van der Waals surface area contributed by atoms with E-state index in [4.69, 9.17) is 14.2 Å². The first-order valence-electron chi connectivity index (χ1n) is 11.7. The lowest BCUT2D eigenvalue weighted by atomic mass is 9.52. The largest absolute Gasteiger partial charge is 0.494 e. The summed E-state index contributed by atoms with van der Waals surface area (Å²) < 4.78 is 17.7. The van der Waals surface area contributed by atoms with Gasteiger partial charge in [-0.1, -0.05) is 13.0 Å². The van der Waals surface area contributed by atoms with E-state index in [0.717, 1.165) is 49.8 Å². The Kier molecular flexibility index (Phi) is 4.91. The van der Waals surface area contributed by atoms with Crippen molar-refractivity contribution in [2.24, 2.45) is 17.3 Å². The van der Waals surface area contributed by atoms with E-state index in [1.54, 1.807) is 6.26 Å². The first-order chi connectivity index (χ1) is 14.8. The summed E-state index contributed by atoms with van der Waals surface area (Å²) in [5, 5.41) is 0. The van der Waals surface area contributed by atoms with Gasteiger partial charge in [-0.2, -0.15) is 0 Å². The van der Waals surface area contributed by atoms with Gasteiger partial charge in [-0.25, -0.2) is 0 Å². The smallest absolute Gasteiger partial charge is 0.307 e. The molecule has 0 aromatic heterocycles. The molecule has 0 saturated heterocycles. The molecule has 5 nitrogen and oxygen atoms in total. The fourth-order valence-corrected chi connectivity index (χ4v) is 7.35. The van der Waals surface area contributed by atoms with Crippen molar-refractivity contribution in [2.45, 2.75) is 77.2 Å². The van der Waals surface area contributed by atoms with E-state index >= 15 is 0 Å². The maximum atomic E-state index is 12.4. The molecule has 31 heavy (non-hydrogen) atoms. The Hall–Kier alpha value is -2.30. The third-order valence-electron chi connectivity index (χ3n) is 8.60. The molecule has 3 aliphatic heterocycles. The summed E-state index contributed by atoms with van der Waals surface area (Å²) in [5.74, 6) is 1.76. The highest BCUT2D eigenvalue weighted by molar-refractivity contribution is 5.68. The van der Waals surface area contributed by atoms with Crippen molar-refractivity contribution in [3.8, 4) is 5.75 Å². The van der Waals surface area contributed by atoms with E-state index in [1.165, 1.54) is 25.0 Å². The van der Waals surface area contributed by atoms with Crippen LogP contribution in [0.3, 0.4) is 0 Å². The van der Waals surface area contributed by atoms with Crippen molar-refractivity contribution >= 4 is 11.9 Å². The normalized spacial score (nSPS) is 37.0. The van der Waals surface area contributed by atoms with Crippen molar-refractivity contribution in [3.63, 3.8) is 0 Å². The number of hydrogen-bond acceptors (Lipinski definition) is 5. The van der Waals surface area contributed by atoms with Crippen molar-refractivity contribution in [3.05, 3.63) is 41.2 Å². The summed E-state index contributed by atoms with van der Waals surface area (Å²) in [6, 6.07) is 6.65. The number of hydrogen-bond donors (Lipinski definition) is 0. The number of rotatable bonds is 2. The molecule has 6 aliphatic rings. The third-order valence-corrected chi connectivity index (χ3v) is 8.60. The number of carbonyl (C=O) groups excluding carboxylic acids is 2. The lowest BCUT2D eigenvalue weighted by molar-refractivity contribution is -0.173. The quantitative estimate of drug-likeness (QED) is 0.490. The molecular weight excluding hydrogens is 392 g/mol. The average molecular weight is 425 g/mol. The van der Waals surface area contributed by atoms with Gasteiger partial charge in [-0.05, 0) is 86.0 Å². The maximum Gasteiger partial charge on any atom is 0.307 e. The molecule has 0 radical (unpaired) electrons. The molecule has 2 saturated carbocycles. The van der Waals surface area contributed by atoms with Gasteiger partial charge in [0, 0.05) is 24.8 Å². The van der Waals surface area contributed by atoms with Gasteiger partial charge in [0.25, 0.3) is 0 Å². The lowest BCUT2D eigenvalue weighted by Gasteiger charge is -2.54. The van der Waals surface area contributed by atoms with Crippen molar-refractivity contribution in [1.82, 2.24) is 0 Å². The highest BCUT2D eigenvalue weighted by Gasteiger charge is 2.66. The summed E-state index contributed by atoms with van der Waals surface area (Å²) in [4.78, 5) is 24.0. The molecule has 2 fully saturated rings. The fraction of sp³-hybridized carbons (Fsp3) is 0.615. The van der Waals surface area contributed by atoms with Gasteiger partial charge < -0.3 is 14.2 Å². The molecule has 8 bridgehead atoms. The Morgan fingerprint density at radius 1 is 1.16 bits per heavy atom. The summed E-state index contributed by atoms with van der Waals surface area (Å²) in [6.07, 6.45) is 8.13. The number of carbonyl (C=O) groups is 2. The second kappa shape index (κ2) is 7.39. The van der Waals surface area contributed by atoms with Crippen LogP contribution in [0.1, 0.15) is 76.3 Å². The molecule has 1 aromatic carbocycles. The van der Waals surface area contributed by atoms with E-state index in [0.29, 0.717) is 30.8 Å². The molecule has 1 aromatic rings. The maximum absolute atomic E-state index is 12.4. The Balaban J connectivity index is 1.66. The molecule has 3 heterocycles. The van der Waals surface area contributed by atoms with Crippen molar-refractivity contribution < 1.29 is 23.8 Å². The van der Waals surface area contributed by atoms with E-state index < -0.39 is 5.60 Å². The van der Waals surface area contributed by atoms with Gasteiger partial charge in [0.15, 0.2) is 0 Å². The molecule has 0 N–H and O–H groups in total. The van der Waals surface area contributed by atoms with Gasteiger partial charge in [0.05, 0.1) is 12.9 Å². The van der Waals surface area contributed by atoms with E-state index in [2.05, 4.69) is 25.1 Å². The molecule has 166 valence electrons. The zero-order valence-corrected chi connectivity index (χ0v) is 18.7. The van der Waals surface area contributed by atoms with Gasteiger partial charge in [0.1, 0.15) is 11.4 Å². The van der Waals surface area contributed by atoms with Crippen LogP contribution in [-0.2, 0) is 25.5 Å². The molecule has 5 heteroatoms. The summed E-state index contributed by atoms with van der Waals surface area (Å²) >= 11 is 0. The van der Waals surface area contributed by atoms with E-state index in [-0.39, 0.29) is 17.4 Å². The van der Waals surface area contributed by atoms with Gasteiger partial charge >= 0.3 is 11.9 Å². The van der Waals surface area contributed by atoms with Gasteiger partial charge in [-0.3, -0.25) is 9.59 Å². The minimum Gasteiger partial charge on any atom is -0.494 e. The standard InChI is InChI=1S/C26H32O5/c1-16(27)30-15-19-14-24-23-7-5-18-13-20-6-8-21(18)22(23)9-11-25(24,3)26(19,31-17(2)28)10-4-12-29-20/h6,8,13,15,22-24H,4-5,7,9-12,14H2,1-3H3/t22?,23-,24-,25-,26-/m0/s1. The van der Waals surface area contributed by atoms with Crippen LogP contribution in [0.25, 0.3) is 0 Å². The Bertz CT molecular complexity index is 949. The van der Waals surface area contributed by atoms with Crippen LogP contribution in [0, 0.1) is 17.3 Å². The third kappa shape index (κ3) is 3.11. The number of benzene rings is 1. The molecular formula is C26H32O5. The fourth-order valence-electron chi connectivity index (χ4n) is 7.35. The average Bonchev–Trinajstić information content (AvgIpc) is 2.97. The van der Waals surface area contributed by atoms with E-state index in [1.807, 2.05) is 0 Å². The Labute approximate surface area is 184 Å². The Morgan fingerprint density at radius 3 is 2.77 bits per heavy atom. The van der Waals surface area contributed by atoms with Crippen LogP contribution in [0.4, 0.5) is 0 Å². The number of esters is 2. The molecule has 0 amide bonds. The summed E-state index contributed by atoms with van der Waals surface area (Å²) in [7, 11) is 0. The predicted octanol–water partition coefficient (Wildman–Crippen LogP) is 5.07. The van der Waals surface area contributed by atoms with Crippen molar-refractivity contribution in [2.75, 3.05) is 6.61 Å². The monoisotopic (exact) mass is 424 g/mol. The highest BCUT2D eigenvalue weighted by atomic mass is 16.6. The minimum atomic E-state index is -0.753. The van der Waals surface area contributed by atoms with Crippen molar-refractivity contribution in [1.29, 1.82) is 0 Å². The zero-order chi connectivity index (χ0) is 21.8. The summed E-state index contributed by atoms with van der Waals surface area (Å²) in [5.41, 5.74) is 2.93.